The highest BCUT2D eigenvalue weighted by atomic mass is 35.5. The van der Waals surface area contributed by atoms with Crippen molar-refractivity contribution in [2.75, 3.05) is 0 Å². The Morgan fingerprint density at radius 1 is 1.05 bits per heavy atom. The third-order valence-electron chi connectivity index (χ3n) is 2.59. The van der Waals surface area contributed by atoms with Gasteiger partial charge in [-0.15, -0.1) is 4.83 Å². The fraction of sp³-hybridized carbons (Fsp3) is 0. The molecule has 0 aliphatic heterocycles. The molecule has 2 N–H and O–H groups in total. The van der Waals surface area contributed by atoms with Gasteiger partial charge in [0.15, 0.2) is 0 Å². The minimum atomic E-state index is -4.10. The fourth-order valence-corrected chi connectivity index (χ4v) is 3.13. The van der Waals surface area contributed by atoms with E-state index in [-0.39, 0.29) is 20.5 Å². The number of halogens is 3. The van der Waals surface area contributed by atoms with Crippen LogP contribution < -0.4 is 10.3 Å². The van der Waals surface area contributed by atoms with Gasteiger partial charge in [0.1, 0.15) is 10.7 Å². The largest absolute Gasteiger partial charge is 0.273 e. The van der Waals surface area contributed by atoms with E-state index in [4.69, 9.17) is 23.2 Å². The fourth-order valence-electron chi connectivity index (χ4n) is 1.53. The molecule has 0 unspecified atom stereocenters. The van der Waals surface area contributed by atoms with E-state index in [0.717, 1.165) is 18.2 Å². The number of carbonyl (C=O) groups is 1. The molecular weight excluding hydrogens is 354 g/mol. The standard InChI is InChI=1S/C13H9Cl2FN2O3S/c14-9-3-6-11(15)12(7-9)22(20,21)18-17-13(19)8-1-4-10(16)5-2-8/h1-7,18H,(H,17,19). The van der Waals surface area contributed by atoms with Gasteiger partial charge in [-0.25, -0.2) is 12.8 Å². The highest BCUT2D eigenvalue weighted by molar-refractivity contribution is 7.89. The molecule has 2 aromatic rings. The first-order valence-electron chi connectivity index (χ1n) is 5.82. The summed E-state index contributed by atoms with van der Waals surface area (Å²) in [5.74, 6) is -1.26. The summed E-state index contributed by atoms with van der Waals surface area (Å²) in [6, 6.07) is 8.49. The van der Waals surface area contributed by atoms with Crippen LogP contribution in [0.1, 0.15) is 10.4 Å². The van der Waals surface area contributed by atoms with Gasteiger partial charge in [-0.05, 0) is 42.5 Å². The van der Waals surface area contributed by atoms with E-state index in [0.29, 0.717) is 0 Å². The smallest absolute Gasteiger partial charge is 0.266 e. The van der Waals surface area contributed by atoms with Crippen molar-refractivity contribution in [2.45, 2.75) is 4.90 Å². The molecule has 5 nitrogen and oxygen atoms in total. The summed E-state index contributed by atoms with van der Waals surface area (Å²) in [6.45, 7) is 0. The lowest BCUT2D eigenvalue weighted by molar-refractivity contribution is 0.0945. The molecule has 0 aliphatic carbocycles. The first-order valence-corrected chi connectivity index (χ1v) is 8.06. The van der Waals surface area contributed by atoms with Gasteiger partial charge in [-0.1, -0.05) is 23.2 Å². The molecule has 22 heavy (non-hydrogen) atoms. The Hall–Kier alpha value is -1.67. The molecule has 2 aromatic carbocycles. The van der Waals surface area contributed by atoms with Crippen molar-refractivity contribution in [3.05, 3.63) is 63.9 Å². The maximum atomic E-state index is 12.8. The number of hydrogen-bond donors (Lipinski definition) is 2. The highest BCUT2D eigenvalue weighted by Crippen LogP contribution is 2.24. The predicted molar refractivity (Wildman–Crippen MR) is 80.6 cm³/mol. The average molecular weight is 363 g/mol. The first-order chi connectivity index (χ1) is 10.3. The summed E-state index contributed by atoms with van der Waals surface area (Å²) in [4.78, 5) is 13.4. The normalized spacial score (nSPS) is 11.2. The van der Waals surface area contributed by atoms with Crippen molar-refractivity contribution in [2.24, 2.45) is 0 Å². The Bertz CT molecular complexity index is 811. The van der Waals surface area contributed by atoms with Gasteiger partial charge in [-0.2, -0.15) is 0 Å². The highest BCUT2D eigenvalue weighted by Gasteiger charge is 2.19. The zero-order valence-electron chi connectivity index (χ0n) is 10.8. The molecular formula is C13H9Cl2FN2O3S. The lowest BCUT2D eigenvalue weighted by atomic mass is 10.2. The van der Waals surface area contributed by atoms with E-state index in [1.165, 1.54) is 24.3 Å². The van der Waals surface area contributed by atoms with Gasteiger partial charge in [0.2, 0.25) is 0 Å². The summed E-state index contributed by atoms with van der Waals surface area (Å²) in [5, 5.41) is 0.127. The van der Waals surface area contributed by atoms with Crippen molar-refractivity contribution in [3.63, 3.8) is 0 Å². The molecule has 0 radical (unpaired) electrons. The molecule has 9 heteroatoms. The van der Waals surface area contributed by atoms with Crippen LogP contribution in [0.25, 0.3) is 0 Å². The van der Waals surface area contributed by atoms with Crippen molar-refractivity contribution in [1.29, 1.82) is 0 Å². The van der Waals surface area contributed by atoms with Crippen LogP contribution in [0.2, 0.25) is 10.0 Å². The number of hydrazine groups is 1. The second-order valence-electron chi connectivity index (χ2n) is 4.14. The predicted octanol–water partition coefficient (Wildman–Crippen LogP) is 2.76. The molecule has 0 fully saturated rings. The third kappa shape index (κ3) is 3.95. The number of benzene rings is 2. The molecule has 0 atom stereocenters. The van der Waals surface area contributed by atoms with E-state index >= 15 is 0 Å². The Kier molecular flexibility index (Phi) is 5.02. The molecule has 0 heterocycles. The summed E-state index contributed by atoms with van der Waals surface area (Å²) in [5.41, 5.74) is 2.09. The Balaban J connectivity index is 2.14. The summed E-state index contributed by atoms with van der Waals surface area (Å²) < 4.78 is 36.9. The number of rotatable bonds is 4. The van der Waals surface area contributed by atoms with E-state index in [1.807, 2.05) is 10.3 Å². The summed E-state index contributed by atoms with van der Waals surface area (Å²) in [7, 11) is -4.10. The minimum absolute atomic E-state index is 0.0482. The topological polar surface area (TPSA) is 75.3 Å². The second kappa shape index (κ2) is 6.62. The molecule has 0 aromatic heterocycles. The Morgan fingerprint density at radius 3 is 2.32 bits per heavy atom. The van der Waals surface area contributed by atoms with Crippen LogP contribution in [0.3, 0.4) is 0 Å². The zero-order chi connectivity index (χ0) is 16.3. The van der Waals surface area contributed by atoms with Crippen molar-refractivity contribution < 1.29 is 17.6 Å². The van der Waals surface area contributed by atoms with Crippen molar-refractivity contribution in [1.82, 2.24) is 10.3 Å². The molecule has 0 bridgehead atoms. The van der Waals surface area contributed by atoms with Crippen molar-refractivity contribution >= 4 is 39.1 Å². The van der Waals surface area contributed by atoms with Gasteiger partial charge >= 0.3 is 0 Å². The quantitative estimate of drug-likeness (QED) is 0.821. The first kappa shape index (κ1) is 16.7. The van der Waals surface area contributed by atoms with E-state index in [9.17, 15) is 17.6 Å². The Morgan fingerprint density at radius 2 is 1.68 bits per heavy atom. The van der Waals surface area contributed by atoms with Gasteiger partial charge in [-0.3, -0.25) is 10.2 Å². The van der Waals surface area contributed by atoms with Crippen LogP contribution in [-0.4, -0.2) is 14.3 Å². The van der Waals surface area contributed by atoms with E-state index < -0.39 is 21.7 Å². The van der Waals surface area contributed by atoms with E-state index in [2.05, 4.69) is 0 Å². The van der Waals surface area contributed by atoms with Crippen LogP contribution >= 0.6 is 23.2 Å². The SMILES string of the molecule is O=C(NNS(=O)(=O)c1cc(Cl)ccc1Cl)c1ccc(F)cc1. The summed E-state index contributed by atoms with van der Waals surface area (Å²) in [6.07, 6.45) is 0. The van der Waals surface area contributed by atoms with Gasteiger partial charge in [0, 0.05) is 10.6 Å². The minimum Gasteiger partial charge on any atom is -0.273 e. The van der Waals surface area contributed by atoms with Gasteiger partial charge in [0.05, 0.1) is 5.02 Å². The second-order valence-corrected chi connectivity index (χ2v) is 6.64. The molecule has 0 saturated carbocycles. The lowest BCUT2D eigenvalue weighted by Gasteiger charge is -2.10. The summed E-state index contributed by atoms with van der Waals surface area (Å²) >= 11 is 11.5. The third-order valence-corrected chi connectivity index (χ3v) is 4.55. The van der Waals surface area contributed by atoms with Crippen molar-refractivity contribution in [3.8, 4) is 0 Å². The molecule has 0 aliphatic rings. The number of sulfonamides is 1. The molecule has 0 saturated heterocycles. The Labute approximate surface area is 136 Å². The lowest BCUT2D eigenvalue weighted by Crippen LogP contribution is -2.41. The van der Waals surface area contributed by atoms with Crippen LogP contribution in [-0.2, 0) is 10.0 Å². The maximum Gasteiger partial charge on any atom is 0.266 e. The van der Waals surface area contributed by atoms with Gasteiger partial charge < -0.3 is 0 Å². The molecule has 2 rings (SSSR count). The van der Waals surface area contributed by atoms with E-state index in [1.54, 1.807) is 0 Å². The molecule has 0 spiro atoms. The van der Waals surface area contributed by atoms with Gasteiger partial charge in [0.25, 0.3) is 15.9 Å². The average Bonchev–Trinajstić information content (AvgIpc) is 2.48. The number of carbonyl (C=O) groups excluding carboxylic acids is 1. The number of hydrogen-bond acceptors (Lipinski definition) is 3. The number of nitrogens with one attached hydrogen (secondary N) is 2. The monoisotopic (exact) mass is 362 g/mol. The molecule has 1 amide bonds. The van der Waals surface area contributed by atoms with Crippen LogP contribution in [0.4, 0.5) is 4.39 Å². The van der Waals surface area contributed by atoms with Crippen LogP contribution in [0.15, 0.2) is 47.4 Å². The maximum absolute atomic E-state index is 12.8. The zero-order valence-corrected chi connectivity index (χ0v) is 13.1. The van der Waals surface area contributed by atoms with Crippen LogP contribution in [0.5, 0.6) is 0 Å². The van der Waals surface area contributed by atoms with Crippen LogP contribution in [0, 0.1) is 5.82 Å². The molecule has 116 valence electrons. The number of amides is 1.